The Morgan fingerprint density at radius 1 is 1.50 bits per heavy atom. The van der Waals surface area contributed by atoms with Crippen molar-refractivity contribution in [2.75, 3.05) is 11.9 Å². The van der Waals surface area contributed by atoms with Crippen molar-refractivity contribution in [2.45, 2.75) is 31.9 Å². The van der Waals surface area contributed by atoms with Gasteiger partial charge in [-0.1, -0.05) is 0 Å². The molecule has 0 aromatic carbocycles. The van der Waals surface area contributed by atoms with Crippen LogP contribution in [0.2, 0.25) is 0 Å². The van der Waals surface area contributed by atoms with Crippen molar-refractivity contribution in [1.29, 1.82) is 0 Å². The molecule has 2 amide bonds. The van der Waals surface area contributed by atoms with Crippen molar-refractivity contribution in [3.8, 4) is 5.82 Å². The topological polar surface area (TPSA) is 94.0 Å². The Kier molecular flexibility index (Phi) is 4.29. The molecule has 0 bridgehead atoms. The lowest BCUT2D eigenvalue weighted by atomic mass is 10.1. The number of carbonyl (C=O) groups excluding carboxylic acids is 1. The lowest BCUT2D eigenvalue weighted by Gasteiger charge is -2.20. The highest BCUT2D eigenvalue weighted by atomic mass is 16.5. The van der Waals surface area contributed by atoms with Gasteiger partial charge in [0.1, 0.15) is 12.7 Å². The van der Waals surface area contributed by atoms with Crippen LogP contribution in [0.1, 0.15) is 19.8 Å². The minimum Gasteiger partial charge on any atom is -0.376 e. The summed E-state index contributed by atoms with van der Waals surface area (Å²) in [4.78, 5) is 20.0. The van der Waals surface area contributed by atoms with E-state index in [1.165, 1.54) is 6.33 Å². The average molecular weight is 302 g/mol. The summed E-state index contributed by atoms with van der Waals surface area (Å²) >= 11 is 0. The number of nitrogens with zero attached hydrogens (tertiary/aromatic N) is 4. The maximum atomic E-state index is 12.0. The van der Waals surface area contributed by atoms with Gasteiger partial charge in [0.2, 0.25) is 0 Å². The molecule has 2 N–H and O–H groups in total. The van der Waals surface area contributed by atoms with Crippen molar-refractivity contribution < 1.29 is 9.53 Å². The Morgan fingerprint density at radius 3 is 3.05 bits per heavy atom. The zero-order chi connectivity index (χ0) is 15.4. The van der Waals surface area contributed by atoms with Gasteiger partial charge < -0.3 is 15.4 Å². The Balaban J connectivity index is 1.55. The van der Waals surface area contributed by atoms with E-state index in [0.717, 1.165) is 19.4 Å². The van der Waals surface area contributed by atoms with E-state index in [0.29, 0.717) is 11.5 Å². The van der Waals surface area contributed by atoms with Crippen LogP contribution in [0.3, 0.4) is 0 Å². The molecule has 0 aliphatic carbocycles. The van der Waals surface area contributed by atoms with Crippen molar-refractivity contribution in [3.63, 3.8) is 0 Å². The molecular weight excluding hydrogens is 284 g/mol. The Bertz CT molecular complexity index is 607. The molecule has 2 aromatic rings. The second-order valence-electron chi connectivity index (χ2n) is 5.18. The molecule has 116 valence electrons. The molecule has 0 saturated carbocycles. The van der Waals surface area contributed by atoms with E-state index in [-0.39, 0.29) is 18.2 Å². The number of hydrogen-bond acceptors (Lipinski definition) is 5. The highest BCUT2D eigenvalue weighted by Crippen LogP contribution is 2.15. The van der Waals surface area contributed by atoms with Crippen LogP contribution in [-0.2, 0) is 4.74 Å². The third kappa shape index (κ3) is 3.40. The van der Waals surface area contributed by atoms with Gasteiger partial charge in [-0.25, -0.2) is 19.4 Å². The largest absolute Gasteiger partial charge is 0.376 e. The summed E-state index contributed by atoms with van der Waals surface area (Å²) in [5.74, 6) is 0.635. The van der Waals surface area contributed by atoms with Crippen LogP contribution >= 0.6 is 0 Å². The van der Waals surface area contributed by atoms with E-state index >= 15 is 0 Å². The molecule has 2 atom stereocenters. The normalized spacial score (nSPS) is 18.9. The molecule has 3 heterocycles. The summed E-state index contributed by atoms with van der Waals surface area (Å²) in [6.45, 7) is 2.72. The zero-order valence-corrected chi connectivity index (χ0v) is 12.3. The first-order chi connectivity index (χ1) is 10.7. The number of amides is 2. The summed E-state index contributed by atoms with van der Waals surface area (Å²) < 4.78 is 7.10. The SMILES string of the molecule is C[C@H](NC(=O)Nc1ccc(-n2cncn2)nc1)[C@H]1CCCO1. The van der Waals surface area contributed by atoms with Gasteiger partial charge in [-0.15, -0.1) is 0 Å². The standard InChI is InChI=1S/C14H18N6O2/c1-10(12-3-2-6-22-12)18-14(21)19-11-4-5-13(16-7-11)20-9-15-8-17-20/h4-5,7-10,12H,2-3,6H2,1H3,(H2,18,19,21)/t10-,12+/m0/s1. The third-order valence-electron chi connectivity index (χ3n) is 3.54. The van der Waals surface area contributed by atoms with Gasteiger partial charge in [-0.3, -0.25) is 0 Å². The number of anilines is 1. The molecule has 1 aliphatic rings. The summed E-state index contributed by atoms with van der Waals surface area (Å²) in [5.41, 5.74) is 0.612. The number of aromatic nitrogens is 4. The first-order valence-electron chi connectivity index (χ1n) is 7.22. The van der Waals surface area contributed by atoms with E-state index < -0.39 is 0 Å². The van der Waals surface area contributed by atoms with Crippen LogP contribution in [0, 0.1) is 0 Å². The second kappa shape index (κ2) is 6.52. The summed E-state index contributed by atoms with van der Waals surface area (Å²) in [5, 5.41) is 9.63. The number of nitrogens with one attached hydrogen (secondary N) is 2. The zero-order valence-electron chi connectivity index (χ0n) is 12.3. The average Bonchev–Trinajstić information content (AvgIpc) is 3.21. The lowest BCUT2D eigenvalue weighted by Crippen LogP contribution is -2.43. The predicted octanol–water partition coefficient (Wildman–Crippen LogP) is 1.35. The van der Waals surface area contributed by atoms with Gasteiger partial charge in [0, 0.05) is 6.61 Å². The monoisotopic (exact) mass is 302 g/mol. The minimum absolute atomic E-state index is 0.0233. The molecular formula is C14H18N6O2. The first kappa shape index (κ1) is 14.5. The molecule has 22 heavy (non-hydrogen) atoms. The highest BCUT2D eigenvalue weighted by Gasteiger charge is 2.23. The fourth-order valence-electron chi connectivity index (χ4n) is 2.39. The second-order valence-corrected chi connectivity index (χ2v) is 5.18. The maximum absolute atomic E-state index is 12.0. The third-order valence-corrected chi connectivity index (χ3v) is 3.54. The fourth-order valence-corrected chi connectivity index (χ4v) is 2.39. The summed E-state index contributed by atoms with van der Waals surface area (Å²) in [7, 11) is 0. The van der Waals surface area contributed by atoms with Gasteiger partial charge in [0.05, 0.1) is 24.0 Å². The van der Waals surface area contributed by atoms with E-state index in [1.54, 1.807) is 29.3 Å². The van der Waals surface area contributed by atoms with E-state index in [4.69, 9.17) is 4.74 Å². The Morgan fingerprint density at radius 2 is 2.41 bits per heavy atom. The van der Waals surface area contributed by atoms with Crippen LogP contribution < -0.4 is 10.6 Å². The molecule has 2 aromatic heterocycles. The summed E-state index contributed by atoms with van der Waals surface area (Å²) in [6, 6.07) is 3.23. The number of ether oxygens (including phenoxy) is 1. The van der Waals surface area contributed by atoms with Crippen LogP contribution in [0.15, 0.2) is 31.0 Å². The van der Waals surface area contributed by atoms with Crippen molar-refractivity contribution in [1.82, 2.24) is 25.1 Å². The smallest absolute Gasteiger partial charge is 0.319 e. The molecule has 1 aliphatic heterocycles. The van der Waals surface area contributed by atoms with E-state index in [1.807, 2.05) is 6.92 Å². The molecule has 1 saturated heterocycles. The molecule has 0 unspecified atom stereocenters. The van der Waals surface area contributed by atoms with Crippen LogP contribution in [-0.4, -0.2) is 44.5 Å². The quantitative estimate of drug-likeness (QED) is 0.889. The minimum atomic E-state index is -0.265. The van der Waals surface area contributed by atoms with Gasteiger partial charge >= 0.3 is 6.03 Å². The number of carbonyl (C=O) groups is 1. The number of hydrogen-bond donors (Lipinski definition) is 2. The number of urea groups is 1. The fraction of sp³-hybridized carbons (Fsp3) is 0.429. The maximum Gasteiger partial charge on any atom is 0.319 e. The van der Waals surface area contributed by atoms with Gasteiger partial charge in [0.15, 0.2) is 5.82 Å². The molecule has 8 nitrogen and oxygen atoms in total. The molecule has 0 radical (unpaired) electrons. The van der Waals surface area contributed by atoms with E-state index in [9.17, 15) is 4.79 Å². The predicted molar refractivity (Wildman–Crippen MR) is 79.7 cm³/mol. The van der Waals surface area contributed by atoms with Gasteiger partial charge in [-0.05, 0) is 31.9 Å². The van der Waals surface area contributed by atoms with Crippen LogP contribution in [0.4, 0.5) is 10.5 Å². The van der Waals surface area contributed by atoms with Crippen LogP contribution in [0.5, 0.6) is 0 Å². The Hall–Kier alpha value is -2.48. The number of pyridine rings is 1. The summed E-state index contributed by atoms with van der Waals surface area (Å²) in [6.07, 6.45) is 6.70. The van der Waals surface area contributed by atoms with Crippen molar-refractivity contribution >= 4 is 11.7 Å². The van der Waals surface area contributed by atoms with Crippen molar-refractivity contribution in [3.05, 3.63) is 31.0 Å². The van der Waals surface area contributed by atoms with Crippen molar-refractivity contribution in [2.24, 2.45) is 0 Å². The molecule has 0 spiro atoms. The molecule has 8 heteroatoms. The number of rotatable bonds is 4. The molecule has 3 rings (SSSR count). The Labute approximate surface area is 127 Å². The van der Waals surface area contributed by atoms with E-state index in [2.05, 4.69) is 25.7 Å². The van der Waals surface area contributed by atoms with Gasteiger partial charge in [0.25, 0.3) is 0 Å². The first-order valence-corrected chi connectivity index (χ1v) is 7.22. The lowest BCUT2D eigenvalue weighted by molar-refractivity contribution is 0.0868. The van der Waals surface area contributed by atoms with Gasteiger partial charge in [-0.2, -0.15) is 5.10 Å². The highest BCUT2D eigenvalue weighted by molar-refractivity contribution is 5.89. The van der Waals surface area contributed by atoms with Crippen LogP contribution in [0.25, 0.3) is 5.82 Å². The molecule has 1 fully saturated rings.